The number of benzene rings is 1. The van der Waals surface area contributed by atoms with Crippen molar-refractivity contribution in [1.29, 1.82) is 0 Å². The Morgan fingerprint density at radius 2 is 1.86 bits per heavy atom. The molecule has 1 unspecified atom stereocenters. The lowest BCUT2D eigenvalue weighted by molar-refractivity contribution is -0.117. The van der Waals surface area contributed by atoms with E-state index in [-0.39, 0.29) is 23.8 Å². The molecule has 118 valence electrons. The summed E-state index contributed by atoms with van der Waals surface area (Å²) < 4.78 is 10.4. The topological polar surface area (TPSA) is 73.6 Å². The number of anilines is 1. The third-order valence-electron chi connectivity index (χ3n) is 3.27. The third-order valence-corrected chi connectivity index (χ3v) is 3.56. The van der Waals surface area contributed by atoms with Crippen LogP contribution in [0.4, 0.5) is 5.69 Å². The maximum Gasteiger partial charge on any atom is 0.226 e. The molecule has 1 aromatic carbocycles. The van der Waals surface area contributed by atoms with Crippen molar-refractivity contribution in [2.75, 3.05) is 19.5 Å². The molecule has 0 radical (unpaired) electrons. The van der Waals surface area contributed by atoms with Gasteiger partial charge in [0.15, 0.2) is 0 Å². The van der Waals surface area contributed by atoms with Gasteiger partial charge < -0.3 is 20.5 Å². The second-order valence-corrected chi connectivity index (χ2v) is 6.32. The van der Waals surface area contributed by atoms with Crippen LogP contribution in [0.15, 0.2) is 12.1 Å². The molecule has 0 aliphatic rings. The van der Waals surface area contributed by atoms with E-state index in [4.69, 9.17) is 26.8 Å². The molecule has 5 nitrogen and oxygen atoms in total. The molecule has 0 bridgehead atoms. The number of nitrogens with one attached hydrogen (secondary N) is 1. The summed E-state index contributed by atoms with van der Waals surface area (Å²) in [6.07, 6.45) is 0.220. The second kappa shape index (κ2) is 7.00. The van der Waals surface area contributed by atoms with Crippen molar-refractivity contribution in [3.05, 3.63) is 17.2 Å². The predicted octanol–water partition coefficient (Wildman–Crippen LogP) is 3.06. The fourth-order valence-electron chi connectivity index (χ4n) is 1.67. The van der Waals surface area contributed by atoms with Crippen molar-refractivity contribution < 1.29 is 14.3 Å². The van der Waals surface area contributed by atoms with Crippen LogP contribution in [0.2, 0.25) is 5.02 Å². The van der Waals surface area contributed by atoms with E-state index in [1.165, 1.54) is 14.2 Å². The molecule has 0 saturated carbocycles. The number of rotatable bonds is 5. The molecule has 0 aliphatic carbocycles. The number of nitrogens with two attached hydrogens (primary N) is 1. The number of hydrogen-bond donors (Lipinski definition) is 2. The number of ether oxygens (including phenoxy) is 2. The van der Waals surface area contributed by atoms with Crippen LogP contribution >= 0.6 is 11.6 Å². The van der Waals surface area contributed by atoms with Crippen molar-refractivity contribution >= 4 is 23.2 Å². The average Bonchev–Trinajstić information content (AvgIpc) is 2.38. The summed E-state index contributed by atoms with van der Waals surface area (Å²) in [5.74, 6) is 0.756. The summed E-state index contributed by atoms with van der Waals surface area (Å²) in [6.45, 7) is 5.99. The molecule has 1 rings (SSSR count). The van der Waals surface area contributed by atoms with Crippen LogP contribution in [0.3, 0.4) is 0 Å². The normalized spacial score (nSPS) is 12.7. The molecule has 0 heterocycles. The van der Waals surface area contributed by atoms with E-state index >= 15 is 0 Å². The standard InChI is InChI=1S/C15H23ClN2O3/c1-15(2,3)13(17)8-14(19)18-10-7-11(20-4)9(16)6-12(10)21-5/h6-7,13H,8,17H2,1-5H3,(H,18,19). The van der Waals surface area contributed by atoms with Gasteiger partial charge >= 0.3 is 0 Å². The number of amides is 1. The summed E-state index contributed by atoms with van der Waals surface area (Å²) in [4.78, 5) is 12.1. The van der Waals surface area contributed by atoms with E-state index < -0.39 is 0 Å². The maximum atomic E-state index is 12.1. The van der Waals surface area contributed by atoms with Crippen LogP contribution in [0.25, 0.3) is 0 Å². The zero-order chi connectivity index (χ0) is 16.2. The van der Waals surface area contributed by atoms with E-state index in [9.17, 15) is 4.79 Å². The van der Waals surface area contributed by atoms with Crippen LogP contribution < -0.4 is 20.5 Å². The minimum Gasteiger partial charge on any atom is -0.495 e. The molecule has 6 heteroatoms. The minimum absolute atomic E-state index is 0.140. The first-order chi connectivity index (χ1) is 9.68. The van der Waals surface area contributed by atoms with Gasteiger partial charge in [-0.05, 0) is 5.41 Å². The smallest absolute Gasteiger partial charge is 0.226 e. The Bertz CT molecular complexity index is 512. The average molecular weight is 315 g/mol. The second-order valence-electron chi connectivity index (χ2n) is 5.91. The summed E-state index contributed by atoms with van der Waals surface area (Å²) in [5.41, 5.74) is 6.38. The quantitative estimate of drug-likeness (QED) is 0.876. The molecule has 0 saturated heterocycles. The number of methoxy groups -OCH3 is 2. The van der Waals surface area contributed by atoms with Crippen LogP contribution in [-0.4, -0.2) is 26.2 Å². The highest BCUT2D eigenvalue weighted by atomic mass is 35.5. The number of hydrogen-bond acceptors (Lipinski definition) is 4. The van der Waals surface area contributed by atoms with Gasteiger partial charge in [-0.25, -0.2) is 0 Å². The van der Waals surface area contributed by atoms with E-state index in [0.717, 1.165) is 0 Å². The zero-order valence-electron chi connectivity index (χ0n) is 13.1. The molecule has 1 amide bonds. The van der Waals surface area contributed by atoms with Crippen LogP contribution in [-0.2, 0) is 4.79 Å². The van der Waals surface area contributed by atoms with Gasteiger partial charge in [0.05, 0.1) is 24.9 Å². The summed E-state index contributed by atoms with van der Waals surface area (Å²) in [6, 6.07) is 2.99. The van der Waals surface area contributed by atoms with Gasteiger partial charge in [-0.2, -0.15) is 0 Å². The SMILES string of the molecule is COc1cc(NC(=O)CC(N)C(C)(C)C)c(OC)cc1Cl. The molecular weight excluding hydrogens is 292 g/mol. The van der Waals surface area contributed by atoms with Gasteiger partial charge in [-0.1, -0.05) is 32.4 Å². The fraction of sp³-hybridized carbons (Fsp3) is 0.533. The molecule has 0 fully saturated rings. The number of carbonyl (C=O) groups is 1. The first-order valence-corrected chi connectivity index (χ1v) is 7.03. The molecule has 1 aromatic rings. The van der Waals surface area contributed by atoms with E-state index in [2.05, 4.69) is 5.32 Å². The van der Waals surface area contributed by atoms with Gasteiger partial charge in [0.1, 0.15) is 11.5 Å². The number of carbonyl (C=O) groups excluding carboxylic acids is 1. The van der Waals surface area contributed by atoms with Crippen LogP contribution in [0.1, 0.15) is 27.2 Å². The van der Waals surface area contributed by atoms with Gasteiger partial charge in [-0.15, -0.1) is 0 Å². The molecule has 3 N–H and O–H groups in total. The Kier molecular flexibility index (Phi) is 5.87. The molecule has 21 heavy (non-hydrogen) atoms. The highest BCUT2D eigenvalue weighted by Gasteiger charge is 2.23. The Morgan fingerprint density at radius 1 is 1.29 bits per heavy atom. The first kappa shape index (κ1) is 17.6. The first-order valence-electron chi connectivity index (χ1n) is 6.66. The van der Waals surface area contributed by atoms with E-state index in [1.54, 1.807) is 12.1 Å². The molecule has 0 spiro atoms. The monoisotopic (exact) mass is 314 g/mol. The fourth-order valence-corrected chi connectivity index (χ4v) is 1.90. The highest BCUT2D eigenvalue weighted by Crippen LogP contribution is 2.36. The van der Waals surface area contributed by atoms with Gasteiger partial charge in [0.25, 0.3) is 0 Å². The highest BCUT2D eigenvalue weighted by molar-refractivity contribution is 6.32. The molecule has 0 aromatic heterocycles. The maximum absolute atomic E-state index is 12.1. The summed E-state index contributed by atoms with van der Waals surface area (Å²) in [7, 11) is 3.02. The van der Waals surface area contributed by atoms with Crippen LogP contribution in [0, 0.1) is 5.41 Å². The lowest BCUT2D eigenvalue weighted by Gasteiger charge is -2.26. The van der Waals surface area contributed by atoms with Gasteiger partial charge in [0, 0.05) is 24.6 Å². The molecular formula is C15H23ClN2O3. The zero-order valence-corrected chi connectivity index (χ0v) is 13.9. The van der Waals surface area contributed by atoms with Crippen molar-refractivity contribution in [3.8, 4) is 11.5 Å². The van der Waals surface area contributed by atoms with Gasteiger partial charge in [0.2, 0.25) is 5.91 Å². The minimum atomic E-state index is -0.238. The van der Waals surface area contributed by atoms with Crippen molar-refractivity contribution in [1.82, 2.24) is 0 Å². The van der Waals surface area contributed by atoms with Crippen molar-refractivity contribution in [2.24, 2.45) is 11.1 Å². The van der Waals surface area contributed by atoms with E-state index in [0.29, 0.717) is 22.2 Å². The number of halogens is 1. The lowest BCUT2D eigenvalue weighted by atomic mass is 9.85. The summed E-state index contributed by atoms with van der Waals surface area (Å²) >= 11 is 6.02. The molecule has 1 atom stereocenters. The third kappa shape index (κ3) is 4.79. The Labute approximate surface area is 130 Å². The summed E-state index contributed by atoms with van der Waals surface area (Å²) in [5, 5.41) is 3.20. The van der Waals surface area contributed by atoms with Crippen LogP contribution in [0.5, 0.6) is 11.5 Å². The largest absolute Gasteiger partial charge is 0.495 e. The molecule has 0 aliphatic heterocycles. The van der Waals surface area contributed by atoms with Crippen molar-refractivity contribution in [3.63, 3.8) is 0 Å². The van der Waals surface area contributed by atoms with Gasteiger partial charge in [-0.3, -0.25) is 4.79 Å². The predicted molar refractivity (Wildman–Crippen MR) is 85.2 cm³/mol. The Balaban J connectivity index is 2.89. The van der Waals surface area contributed by atoms with Crippen molar-refractivity contribution in [2.45, 2.75) is 33.2 Å². The Hall–Kier alpha value is -1.46. The lowest BCUT2D eigenvalue weighted by Crippen LogP contribution is -2.38. The van der Waals surface area contributed by atoms with E-state index in [1.807, 2.05) is 20.8 Å². The Morgan fingerprint density at radius 3 is 2.33 bits per heavy atom.